The summed E-state index contributed by atoms with van der Waals surface area (Å²) >= 11 is 3.51. The van der Waals surface area contributed by atoms with E-state index in [1.807, 2.05) is 12.1 Å². The van der Waals surface area contributed by atoms with Crippen LogP contribution >= 0.6 is 15.9 Å². The summed E-state index contributed by atoms with van der Waals surface area (Å²) in [6.07, 6.45) is 0.960. The van der Waals surface area contributed by atoms with Gasteiger partial charge in [0.1, 0.15) is 0 Å². The molecule has 0 saturated carbocycles. The molecule has 16 heavy (non-hydrogen) atoms. The van der Waals surface area contributed by atoms with E-state index in [0.29, 0.717) is 12.3 Å². The first-order chi connectivity index (χ1) is 7.60. The van der Waals surface area contributed by atoms with E-state index in [9.17, 15) is 5.11 Å². The smallest absolute Gasteiger partial charge is 0.0776 e. The molecule has 0 fully saturated rings. The summed E-state index contributed by atoms with van der Waals surface area (Å²) in [5, 5.41) is 18.4. The van der Waals surface area contributed by atoms with Gasteiger partial charge in [0, 0.05) is 4.47 Å². The lowest BCUT2D eigenvalue weighted by atomic mass is 9.88. The third kappa shape index (κ3) is 3.30. The summed E-state index contributed by atoms with van der Waals surface area (Å²) in [7, 11) is 0. The standard InChI is InChI=1S/C13H19BrO2/c1-3-10(7-11(16)8-15)12-5-4-6-13(14)9(12)2/h4-6,10-11,15-16H,3,7-8H2,1-2H3. The molecule has 2 unspecified atom stereocenters. The average molecular weight is 287 g/mol. The van der Waals surface area contributed by atoms with Gasteiger partial charge in [0.15, 0.2) is 0 Å². The zero-order valence-corrected chi connectivity index (χ0v) is 11.4. The van der Waals surface area contributed by atoms with Crippen LogP contribution in [0, 0.1) is 6.92 Å². The number of rotatable bonds is 5. The van der Waals surface area contributed by atoms with Crippen LogP contribution in [0.1, 0.15) is 36.8 Å². The lowest BCUT2D eigenvalue weighted by molar-refractivity contribution is 0.0817. The first kappa shape index (κ1) is 13.7. The Morgan fingerprint density at radius 3 is 2.62 bits per heavy atom. The van der Waals surface area contributed by atoms with Crippen molar-refractivity contribution < 1.29 is 10.2 Å². The topological polar surface area (TPSA) is 40.5 Å². The molecule has 2 nitrogen and oxygen atoms in total. The van der Waals surface area contributed by atoms with Crippen LogP contribution in [0.5, 0.6) is 0 Å². The van der Waals surface area contributed by atoms with E-state index in [1.165, 1.54) is 11.1 Å². The summed E-state index contributed by atoms with van der Waals surface area (Å²) < 4.78 is 1.10. The maximum Gasteiger partial charge on any atom is 0.0776 e. The first-order valence-corrected chi connectivity index (χ1v) is 6.43. The third-order valence-electron chi connectivity index (χ3n) is 3.01. The van der Waals surface area contributed by atoms with Crippen molar-refractivity contribution in [2.45, 2.75) is 38.7 Å². The van der Waals surface area contributed by atoms with Crippen molar-refractivity contribution >= 4 is 15.9 Å². The summed E-state index contributed by atoms with van der Waals surface area (Å²) in [4.78, 5) is 0. The van der Waals surface area contributed by atoms with Crippen molar-refractivity contribution in [2.24, 2.45) is 0 Å². The molecule has 90 valence electrons. The molecular formula is C13H19BrO2. The molecule has 0 amide bonds. The SMILES string of the molecule is CCC(CC(O)CO)c1cccc(Br)c1C. The predicted octanol–water partition coefficient (Wildman–Crippen LogP) is 2.99. The largest absolute Gasteiger partial charge is 0.394 e. The highest BCUT2D eigenvalue weighted by atomic mass is 79.9. The van der Waals surface area contributed by atoms with Gasteiger partial charge in [-0.15, -0.1) is 0 Å². The molecule has 1 aromatic rings. The fraction of sp³-hybridized carbons (Fsp3) is 0.538. The molecule has 0 aliphatic rings. The van der Waals surface area contributed by atoms with Crippen molar-refractivity contribution in [2.75, 3.05) is 6.61 Å². The maximum atomic E-state index is 9.52. The molecule has 0 saturated heterocycles. The van der Waals surface area contributed by atoms with E-state index in [4.69, 9.17) is 5.11 Å². The Labute approximate surface area is 105 Å². The second kappa shape index (κ2) is 6.38. The summed E-state index contributed by atoms with van der Waals surface area (Å²) in [6.45, 7) is 4.02. The fourth-order valence-corrected chi connectivity index (χ4v) is 2.36. The molecule has 0 aromatic heterocycles. The Morgan fingerprint density at radius 1 is 1.38 bits per heavy atom. The van der Waals surface area contributed by atoms with Crippen molar-refractivity contribution in [1.82, 2.24) is 0 Å². The molecule has 0 bridgehead atoms. The highest BCUT2D eigenvalue weighted by Gasteiger charge is 2.16. The highest BCUT2D eigenvalue weighted by molar-refractivity contribution is 9.10. The predicted molar refractivity (Wildman–Crippen MR) is 69.6 cm³/mol. The van der Waals surface area contributed by atoms with Crippen molar-refractivity contribution in [3.8, 4) is 0 Å². The normalized spacial score (nSPS) is 14.8. The second-order valence-corrected chi connectivity index (χ2v) is 4.99. The van der Waals surface area contributed by atoms with Gasteiger partial charge in [-0.2, -0.15) is 0 Å². The Balaban J connectivity index is 2.90. The summed E-state index contributed by atoms with van der Waals surface area (Å²) in [6, 6.07) is 6.13. The Bertz CT molecular complexity index is 339. The molecule has 0 aliphatic carbocycles. The van der Waals surface area contributed by atoms with Crippen LogP contribution in [0.2, 0.25) is 0 Å². The Kier molecular flexibility index (Phi) is 5.46. The Hall–Kier alpha value is -0.380. The maximum absolute atomic E-state index is 9.52. The van der Waals surface area contributed by atoms with Gasteiger partial charge in [0.05, 0.1) is 12.7 Å². The van der Waals surface area contributed by atoms with Crippen molar-refractivity contribution in [3.63, 3.8) is 0 Å². The van der Waals surface area contributed by atoms with Gasteiger partial charge in [0.2, 0.25) is 0 Å². The van der Waals surface area contributed by atoms with Gasteiger partial charge >= 0.3 is 0 Å². The number of hydrogen-bond donors (Lipinski definition) is 2. The van der Waals surface area contributed by atoms with E-state index in [2.05, 4.69) is 35.8 Å². The van der Waals surface area contributed by atoms with Gasteiger partial charge in [-0.3, -0.25) is 0 Å². The molecule has 0 aliphatic heterocycles. The monoisotopic (exact) mass is 286 g/mol. The van der Waals surface area contributed by atoms with E-state index in [1.54, 1.807) is 0 Å². The second-order valence-electron chi connectivity index (χ2n) is 4.13. The fourth-order valence-electron chi connectivity index (χ4n) is 1.98. The third-order valence-corrected chi connectivity index (χ3v) is 3.87. The van der Waals surface area contributed by atoms with Crippen LogP contribution in [0.4, 0.5) is 0 Å². The molecule has 3 heteroatoms. The summed E-state index contributed by atoms with van der Waals surface area (Å²) in [5.41, 5.74) is 2.48. The quantitative estimate of drug-likeness (QED) is 0.874. The van der Waals surface area contributed by atoms with Gasteiger partial charge in [-0.25, -0.2) is 0 Å². The van der Waals surface area contributed by atoms with Gasteiger partial charge in [0.25, 0.3) is 0 Å². The number of aliphatic hydroxyl groups is 2. The van der Waals surface area contributed by atoms with Crippen LogP contribution < -0.4 is 0 Å². The zero-order valence-electron chi connectivity index (χ0n) is 9.78. The van der Waals surface area contributed by atoms with Gasteiger partial charge < -0.3 is 10.2 Å². The van der Waals surface area contributed by atoms with Gasteiger partial charge in [-0.1, -0.05) is 35.0 Å². The molecule has 2 N–H and O–H groups in total. The lowest BCUT2D eigenvalue weighted by Gasteiger charge is -2.20. The minimum absolute atomic E-state index is 0.163. The van der Waals surface area contributed by atoms with Crippen molar-refractivity contribution in [3.05, 3.63) is 33.8 Å². The number of benzene rings is 1. The highest BCUT2D eigenvalue weighted by Crippen LogP contribution is 2.30. The van der Waals surface area contributed by atoms with E-state index >= 15 is 0 Å². The van der Waals surface area contributed by atoms with Crippen LogP contribution in [0.3, 0.4) is 0 Å². The molecule has 0 radical (unpaired) electrons. The summed E-state index contributed by atoms with van der Waals surface area (Å²) in [5.74, 6) is 0.305. The van der Waals surface area contributed by atoms with Crippen molar-refractivity contribution in [1.29, 1.82) is 0 Å². The van der Waals surface area contributed by atoms with E-state index in [-0.39, 0.29) is 6.61 Å². The zero-order chi connectivity index (χ0) is 12.1. The first-order valence-electron chi connectivity index (χ1n) is 5.64. The number of halogens is 1. The molecule has 2 atom stereocenters. The Morgan fingerprint density at radius 2 is 2.06 bits per heavy atom. The molecule has 0 heterocycles. The molecule has 1 aromatic carbocycles. The van der Waals surface area contributed by atoms with Crippen LogP contribution in [-0.4, -0.2) is 22.9 Å². The average Bonchev–Trinajstić information content (AvgIpc) is 2.29. The minimum atomic E-state index is -0.622. The molecule has 1 rings (SSSR count). The molecular weight excluding hydrogens is 268 g/mol. The van der Waals surface area contributed by atoms with Crippen LogP contribution in [-0.2, 0) is 0 Å². The molecule has 0 spiro atoms. The lowest BCUT2D eigenvalue weighted by Crippen LogP contribution is -2.16. The van der Waals surface area contributed by atoms with E-state index in [0.717, 1.165) is 10.9 Å². The number of aliphatic hydroxyl groups excluding tert-OH is 2. The van der Waals surface area contributed by atoms with Gasteiger partial charge in [-0.05, 0) is 42.9 Å². The number of hydrogen-bond acceptors (Lipinski definition) is 2. The van der Waals surface area contributed by atoms with Crippen LogP contribution in [0.15, 0.2) is 22.7 Å². The van der Waals surface area contributed by atoms with Crippen LogP contribution in [0.25, 0.3) is 0 Å². The minimum Gasteiger partial charge on any atom is -0.394 e. The van der Waals surface area contributed by atoms with E-state index < -0.39 is 6.10 Å².